The molecule has 0 aromatic heterocycles. The number of hydrogen-bond acceptors (Lipinski definition) is 2. The third kappa shape index (κ3) is 4.32. The Morgan fingerprint density at radius 3 is 2.45 bits per heavy atom. The van der Waals surface area contributed by atoms with Gasteiger partial charge in [0.05, 0.1) is 0 Å². The molecule has 20 heavy (non-hydrogen) atoms. The van der Waals surface area contributed by atoms with E-state index < -0.39 is 0 Å². The van der Waals surface area contributed by atoms with Crippen molar-refractivity contribution in [3.63, 3.8) is 0 Å². The van der Waals surface area contributed by atoms with Crippen molar-refractivity contribution in [2.45, 2.75) is 58.0 Å². The zero-order valence-corrected chi connectivity index (χ0v) is 13.5. The highest BCUT2D eigenvalue weighted by atomic mass is 15.1. The summed E-state index contributed by atoms with van der Waals surface area (Å²) in [5.74, 6) is 0.784. The zero-order chi connectivity index (χ0) is 14.5. The van der Waals surface area contributed by atoms with Crippen molar-refractivity contribution in [1.82, 2.24) is 10.2 Å². The molecule has 1 N–H and O–H groups in total. The van der Waals surface area contributed by atoms with Crippen LogP contribution in [-0.4, -0.2) is 37.1 Å². The second-order valence-electron chi connectivity index (χ2n) is 6.66. The lowest BCUT2D eigenvalue weighted by atomic mass is 9.76. The van der Waals surface area contributed by atoms with Crippen molar-refractivity contribution >= 4 is 0 Å². The van der Waals surface area contributed by atoms with Gasteiger partial charge in [0.25, 0.3) is 0 Å². The zero-order valence-electron chi connectivity index (χ0n) is 13.5. The number of nitrogens with one attached hydrogen (secondary N) is 1. The minimum atomic E-state index is 0.657. The summed E-state index contributed by atoms with van der Waals surface area (Å²) in [6.45, 7) is 9.02. The normalized spacial score (nSPS) is 22.3. The highest BCUT2D eigenvalue weighted by Gasteiger charge is 2.29. The molecule has 0 unspecified atom stereocenters. The van der Waals surface area contributed by atoms with Crippen molar-refractivity contribution < 1.29 is 0 Å². The molecule has 1 saturated carbocycles. The molecular weight excluding hydrogens is 244 g/mol. The molecule has 2 nitrogen and oxygen atoms in total. The SMILES string of the molecule is Cc1ccc(C2CC(NCCCN(C)C(C)C)C2)cc1. The number of hydrogen-bond donors (Lipinski definition) is 1. The molecule has 112 valence electrons. The second kappa shape index (κ2) is 7.24. The smallest absolute Gasteiger partial charge is 0.00787 e. The quantitative estimate of drug-likeness (QED) is 0.765. The summed E-state index contributed by atoms with van der Waals surface area (Å²) in [4.78, 5) is 2.41. The number of nitrogens with zero attached hydrogens (tertiary/aromatic N) is 1. The van der Waals surface area contributed by atoms with Crippen molar-refractivity contribution in [1.29, 1.82) is 0 Å². The number of aryl methyl sites for hydroxylation is 1. The van der Waals surface area contributed by atoms with Gasteiger partial charge in [0.15, 0.2) is 0 Å². The molecule has 0 saturated heterocycles. The third-order valence-corrected chi connectivity index (χ3v) is 4.69. The van der Waals surface area contributed by atoms with Gasteiger partial charge in [0.2, 0.25) is 0 Å². The van der Waals surface area contributed by atoms with Gasteiger partial charge < -0.3 is 10.2 Å². The monoisotopic (exact) mass is 274 g/mol. The first kappa shape index (κ1) is 15.5. The Balaban J connectivity index is 1.59. The lowest BCUT2D eigenvalue weighted by molar-refractivity contribution is 0.253. The molecule has 0 aliphatic heterocycles. The van der Waals surface area contributed by atoms with Crippen LogP contribution in [0, 0.1) is 6.92 Å². The first-order valence-corrected chi connectivity index (χ1v) is 8.06. The van der Waals surface area contributed by atoms with E-state index in [1.54, 1.807) is 0 Å². The van der Waals surface area contributed by atoms with E-state index >= 15 is 0 Å². The Morgan fingerprint density at radius 1 is 1.20 bits per heavy atom. The molecule has 0 spiro atoms. The van der Waals surface area contributed by atoms with E-state index in [1.165, 1.54) is 36.9 Å². The summed E-state index contributed by atoms with van der Waals surface area (Å²) in [6, 6.07) is 10.5. The van der Waals surface area contributed by atoms with E-state index in [2.05, 4.69) is 62.3 Å². The van der Waals surface area contributed by atoms with Gasteiger partial charge in [-0.1, -0.05) is 29.8 Å². The molecule has 1 aromatic carbocycles. The van der Waals surface area contributed by atoms with Crippen LogP contribution in [0.2, 0.25) is 0 Å². The summed E-state index contributed by atoms with van der Waals surface area (Å²) < 4.78 is 0. The minimum absolute atomic E-state index is 0.657. The highest BCUT2D eigenvalue weighted by molar-refractivity contribution is 5.26. The molecule has 0 amide bonds. The molecule has 1 aromatic rings. The fraction of sp³-hybridized carbons (Fsp3) is 0.667. The summed E-state index contributed by atoms with van der Waals surface area (Å²) in [5, 5.41) is 3.70. The van der Waals surface area contributed by atoms with Crippen LogP contribution in [0.15, 0.2) is 24.3 Å². The summed E-state index contributed by atoms with van der Waals surface area (Å²) in [6.07, 6.45) is 3.87. The lowest BCUT2D eigenvalue weighted by Gasteiger charge is -2.36. The molecule has 1 aliphatic carbocycles. The average Bonchev–Trinajstić information content (AvgIpc) is 2.37. The highest BCUT2D eigenvalue weighted by Crippen LogP contribution is 2.36. The largest absolute Gasteiger partial charge is 0.314 e. The molecule has 2 heteroatoms. The van der Waals surface area contributed by atoms with Crippen LogP contribution in [0.4, 0.5) is 0 Å². The maximum atomic E-state index is 3.70. The van der Waals surface area contributed by atoms with Crippen LogP contribution >= 0.6 is 0 Å². The standard InChI is InChI=1S/C18H30N2/c1-14(2)20(4)11-5-10-19-18-12-17(13-18)16-8-6-15(3)7-9-16/h6-9,14,17-19H,5,10-13H2,1-4H3. The minimum Gasteiger partial charge on any atom is -0.314 e. The van der Waals surface area contributed by atoms with Gasteiger partial charge in [-0.3, -0.25) is 0 Å². The molecule has 0 atom stereocenters. The van der Waals surface area contributed by atoms with Gasteiger partial charge in [-0.25, -0.2) is 0 Å². The van der Waals surface area contributed by atoms with Gasteiger partial charge in [-0.05, 0) is 71.7 Å². The molecule has 1 aliphatic rings. The molecule has 1 fully saturated rings. The van der Waals surface area contributed by atoms with E-state index in [1.807, 2.05) is 0 Å². The van der Waals surface area contributed by atoms with E-state index in [9.17, 15) is 0 Å². The Labute approximate surface area is 124 Å². The van der Waals surface area contributed by atoms with E-state index in [0.717, 1.165) is 18.5 Å². The maximum absolute atomic E-state index is 3.70. The predicted octanol–water partition coefficient (Wildman–Crippen LogP) is 3.56. The van der Waals surface area contributed by atoms with E-state index in [-0.39, 0.29) is 0 Å². The first-order chi connectivity index (χ1) is 9.56. The van der Waals surface area contributed by atoms with Gasteiger partial charge in [-0.2, -0.15) is 0 Å². The van der Waals surface area contributed by atoms with Gasteiger partial charge >= 0.3 is 0 Å². The molecular formula is C18H30N2. The molecule has 0 heterocycles. The first-order valence-electron chi connectivity index (χ1n) is 8.06. The average molecular weight is 274 g/mol. The van der Waals surface area contributed by atoms with Crippen LogP contribution in [0.25, 0.3) is 0 Å². The van der Waals surface area contributed by atoms with Crippen LogP contribution in [0.1, 0.15) is 50.2 Å². The lowest BCUT2D eigenvalue weighted by Crippen LogP contribution is -2.41. The van der Waals surface area contributed by atoms with Gasteiger partial charge in [0.1, 0.15) is 0 Å². The van der Waals surface area contributed by atoms with Crippen LogP contribution in [0.3, 0.4) is 0 Å². The van der Waals surface area contributed by atoms with Gasteiger partial charge in [-0.15, -0.1) is 0 Å². The molecule has 0 bridgehead atoms. The van der Waals surface area contributed by atoms with Crippen LogP contribution in [-0.2, 0) is 0 Å². The number of rotatable bonds is 7. The van der Waals surface area contributed by atoms with Crippen LogP contribution < -0.4 is 5.32 Å². The van der Waals surface area contributed by atoms with E-state index in [0.29, 0.717) is 6.04 Å². The Bertz CT molecular complexity index is 390. The van der Waals surface area contributed by atoms with Crippen molar-refractivity contribution in [3.8, 4) is 0 Å². The topological polar surface area (TPSA) is 15.3 Å². The summed E-state index contributed by atoms with van der Waals surface area (Å²) in [7, 11) is 2.21. The summed E-state index contributed by atoms with van der Waals surface area (Å²) >= 11 is 0. The fourth-order valence-electron chi connectivity index (χ4n) is 2.79. The van der Waals surface area contributed by atoms with Crippen molar-refractivity contribution in [3.05, 3.63) is 35.4 Å². The Morgan fingerprint density at radius 2 is 1.85 bits per heavy atom. The van der Waals surface area contributed by atoms with Gasteiger partial charge in [0, 0.05) is 12.1 Å². The summed E-state index contributed by atoms with van der Waals surface area (Å²) in [5.41, 5.74) is 2.88. The Kier molecular flexibility index (Phi) is 5.62. The Hall–Kier alpha value is -0.860. The predicted molar refractivity (Wildman–Crippen MR) is 87.3 cm³/mol. The van der Waals surface area contributed by atoms with Crippen LogP contribution in [0.5, 0.6) is 0 Å². The fourth-order valence-corrected chi connectivity index (χ4v) is 2.79. The van der Waals surface area contributed by atoms with E-state index in [4.69, 9.17) is 0 Å². The third-order valence-electron chi connectivity index (χ3n) is 4.69. The maximum Gasteiger partial charge on any atom is 0.00787 e. The van der Waals surface area contributed by atoms with Crippen molar-refractivity contribution in [2.75, 3.05) is 20.1 Å². The second-order valence-corrected chi connectivity index (χ2v) is 6.66. The van der Waals surface area contributed by atoms with Crippen molar-refractivity contribution in [2.24, 2.45) is 0 Å². The molecule has 0 radical (unpaired) electrons. The number of benzene rings is 1. The molecule has 2 rings (SSSR count).